The Morgan fingerprint density at radius 3 is 2.48 bits per heavy atom. The molecule has 1 atom stereocenters. The molecule has 2 aliphatic rings. The van der Waals surface area contributed by atoms with E-state index < -0.39 is 5.97 Å². The van der Waals surface area contributed by atoms with Crippen molar-refractivity contribution in [2.24, 2.45) is 5.92 Å². The normalized spacial score (nSPS) is 20.6. The fraction of sp³-hybridized carbons (Fsp3) is 0.542. The first-order valence-corrected chi connectivity index (χ1v) is 10.9. The van der Waals surface area contributed by atoms with Crippen molar-refractivity contribution in [3.63, 3.8) is 0 Å². The van der Waals surface area contributed by atoms with E-state index in [1.807, 2.05) is 0 Å². The number of fused-ring (bicyclic) bond motifs is 1. The van der Waals surface area contributed by atoms with Crippen LogP contribution in [0, 0.1) is 5.92 Å². The van der Waals surface area contributed by atoms with Crippen LogP contribution in [-0.2, 0) is 9.53 Å². The summed E-state index contributed by atoms with van der Waals surface area (Å²) >= 11 is 0. The van der Waals surface area contributed by atoms with Crippen LogP contribution >= 0.6 is 0 Å². The van der Waals surface area contributed by atoms with Gasteiger partial charge >= 0.3 is 5.97 Å². The Hall–Kier alpha value is -2.11. The lowest BCUT2D eigenvalue weighted by Crippen LogP contribution is -2.38. The van der Waals surface area contributed by atoms with Gasteiger partial charge in [0.15, 0.2) is 0 Å². The van der Waals surface area contributed by atoms with E-state index in [9.17, 15) is 9.90 Å². The summed E-state index contributed by atoms with van der Waals surface area (Å²) in [5, 5.41) is 11.7. The first kappa shape index (κ1) is 20.2. The molecule has 1 N–H and O–H groups in total. The highest BCUT2D eigenvalue weighted by molar-refractivity contribution is 5.84. The smallest absolute Gasteiger partial charge is 0.306 e. The van der Waals surface area contributed by atoms with Crippen molar-refractivity contribution in [3.8, 4) is 5.75 Å². The van der Waals surface area contributed by atoms with E-state index >= 15 is 0 Å². The van der Waals surface area contributed by atoms with E-state index in [-0.39, 0.29) is 12.0 Å². The molecule has 5 nitrogen and oxygen atoms in total. The summed E-state index contributed by atoms with van der Waals surface area (Å²) in [5.74, 6) is 0.0941. The molecule has 29 heavy (non-hydrogen) atoms. The van der Waals surface area contributed by atoms with Gasteiger partial charge in [0.1, 0.15) is 11.9 Å². The molecule has 4 rings (SSSR count). The number of rotatable bonds is 6. The van der Waals surface area contributed by atoms with Gasteiger partial charge in [-0.2, -0.15) is 0 Å². The highest BCUT2D eigenvalue weighted by Crippen LogP contribution is 2.32. The fourth-order valence-electron chi connectivity index (χ4n) is 4.67. The molecule has 156 valence electrons. The number of carbonyl (C=O) groups is 1. The molecule has 2 heterocycles. The lowest BCUT2D eigenvalue weighted by molar-refractivity contribution is -0.143. The van der Waals surface area contributed by atoms with Gasteiger partial charge in [0, 0.05) is 18.9 Å². The number of piperidine rings is 1. The number of likely N-dealkylation sites (tertiary alicyclic amines) is 1. The van der Waals surface area contributed by atoms with Gasteiger partial charge in [0.2, 0.25) is 0 Å². The molecule has 0 saturated carbocycles. The van der Waals surface area contributed by atoms with E-state index in [1.165, 1.54) is 16.3 Å². The molecule has 1 unspecified atom stereocenters. The molecule has 0 bridgehead atoms. The van der Waals surface area contributed by atoms with Crippen molar-refractivity contribution in [2.75, 3.05) is 26.3 Å². The van der Waals surface area contributed by atoms with Crippen molar-refractivity contribution < 1.29 is 19.4 Å². The van der Waals surface area contributed by atoms with E-state index in [0.29, 0.717) is 6.04 Å². The van der Waals surface area contributed by atoms with Crippen LogP contribution < -0.4 is 4.74 Å². The van der Waals surface area contributed by atoms with E-state index in [1.54, 1.807) is 0 Å². The Bertz CT molecular complexity index is 838. The predicted molar refractivity (Wildman–Crippen MR) is 113 cm³/mol. The van der Waals surface area contributed by atoms with Crippen LogP contribution in [0.25, 0.3) is 10.8 Å². The van der Waals surface area contributed by atoms with Gasteiger partial charge in [-0.25, -0.2) is 0 Å². The van der Waals surface area contributed by atoms with Crippen LogP contribution in [0.3, 0.4) is 0 Å². The Labute approximate surface area is 172 Å². The maximum Gasteiger partial charge on any atom is 0.306 e. The van der Waals surface area contributed by atoms with Gasteiger partial charge in [0.05, 0.1) is 19.1 Å². The van der Waals surface area contributed by atoms with Crippen molar-refractivity contribution in [2.45, 2.75) is 51.2 Å². The maximum atomic E-state index is 11.2. The SMILES string of the molecule is CCC(c1ccc2cc(OC3CCOCC3)ccc2c1)N1CCC(C(=O)O)CC1. The third-order valence-electron chi connectivity index (χ3n) is 6.40. The second-order valence-corrected chi connectivity index (χ2v) is 8.27. The summed E-state index contributed by atoms with van der Waals surface area (Å²) < 4.78 is 11.6. The number of hydrogen-bond acceptors (Lipinski definition) is 4. The standard InChI is InChI=1S/C24H31NO4/c1-2-23(25-11-7-17(8-12-25)24(26)27)20-4-3-19-16-22(6-5-18(19)15-20)29-21-9-13-28-14-10-21/h3-6,15-17,21,23H,2,7-14H2,1H3,(H,26,27). The quantitative estimate of drug-likeness (QED) is 0.769. The largest absolute Gasteiger partial charge is 0.490 e. The van der Waals surface area contributed by atoms with Gasteiger partial charge in [-0.05, 0) is 66.9 Å². The van der Waals surface area contributed by atoms with Gasteiger partial charge in [0.25, 0.3) is 0 Å². The number of hydrogen-bond donors (Lipinski definition) is 1. The van der Waals surface area contributed by atoms with Gasteiger partial charge in [-0.3, -0.25) is 9.69 Å². The van der Waals surface area contributed by atoms with Gasteiger partial charge in [-0.15, -0.1) is 0 Å². The molecule has 2 aliphatic heterocycles. The Morgan fingerprint density at radius 1 is 1.10 bits per heavy atom. The molecular formula is C24H31NO4. The fourth-order valence-corrected chi connectivity index (χ4v) is 4.67. The summed E-state index contributed by atoms with van der Waals surface area (Å²) in [4.78, 5) is 13.7. The summed E-state index contributed by atoms with van der Waals surface area (Å²) in [6.45, 7) is 5.48. The van der Waals surface area contributed by atoms with Crippen LogP contribution in [0.15, 0.2) is 36.4 Å². The highest BCUT2D eigenvalue weighted by Gasteiger charge is 2.28. The molecule has 0 radical (unpaired) electrons. The summed E-state index contributed by atoms with van der Waals surface area (Å²) in [6.07, 6.45) is 4.66. The van der Waals surface area contributed by atoms with Gasteiger partial charge in [-0.1, -0.05) is 25.1 Å². The first-order chi connectivity index (χ1) is 14.1. The Kier molecular flexibility index (Phi) is 6.36. The number of carboxylic acids is 1. The van der Waals surface area contributed by atoms with E-state index in [0.717, 1.165) is 64.2 Å². The van der Waals surface area contributed by atoms with Crippen molar-refractivity contribution in [3.05, 3.63) is 42.0 Å². The number of nitrogens with zero attached hydrogens (tertiary/aromatic N) is 1. The molecule has 0 spiro atoms. The average molecular weight is 398 g/mol. The monoisotopic (exact) mass is 397 g/mol. The minimum atomic E-state index is -0.651. The molecule has 2 aromatic rings. The van der Waals surface area contributed by atoms with Crippen LogP contribution in [0.2, 0.25) is 0 Å². The molecule has 5 heteroatoms. The number of aliphatic carboxylic acids is 1. The zero-order valence-corrected chi connectivity index (χ0v) is 17.2. The summed E-state index contributed by atoms with van der Waals surface area (Å²) in [5.41, 5.74) is 1.31. The lowest BCUT2D eigenvalue weighted by atomic mass is 9.93. The number of ether oxygens (including phenoxy) is 2. The van der Waals surface area contributed by atoms with E-state index in [4.69, 9.17) is 9.47 Å². The summed E-state index contributed by atoms with van der Waals surface area (Å²) in [6, 6.07) is 13.4. The van der Waals surface area contributed by atoms with E-state index in [2.05, 4.69) is 48.2 Å². The minimum Gasteiger partial charge on any atom is -0.490 e. The van der Waals surface area contributed by atoms with Crippen LogP contribution in [0.1, 0.15) is 50.6 Å². The minimum absolute atomic E-state index is 0.186. The highest BCUT2D eigenvalue weighted by atomic mass is 16.5. The zero-order valence-electron chi connectivity index (χ0n) is 17.2. The predicted octanol–water partition coefficient (Wildman–Crippen LogP) is 4.65. The van der Waals surface area contributed by atoms with Gasteiger partial charge < -0.3 is 14.6 Å². The Balaban J connectivity index is 1.47. The molecule has 2 fully saturated rings. The number of benzene rings is 2. The summed E-state index contributed by atoms with van der Waals surface area (Å²) in [7, 11) is 0. The maximum absolute atomic E-state index is 11.2. The second-order valence-electron chi connectivity index (χ2n) is 8.27. The van der Waals surface area contributed by atoms with Crippen molar-refractivity contribution in [1.29, 1.82) is 0 Å². The lowest BCUT2D eigenvalue weighted by Gasteiger charge is -2.36. The van der Waals surface area contributed by atoms with Crippen molar-refractivity contribution in [1.82, 2.24) is 4.90 Å². The zero-order chi connectivity index (χ0) is 20.2. The van der Waals surface area contributed by atoms with Crippen LogP contribution in [0.5, 0.6) is 5.75 Å². The van der Waals surface area contributed by atoms with Crippen LogP contribution in [0.4, 0.5) is 0 Å². The molecule has 0 amide bonds. The Morgan fingerprint density at radius 2 is 1.79 bits per heavy atom. The molecular weight excluding hydrogens is 366 g/mol. The third kappa shape index (κ3) is 4.73. The molecule has 0 aromatic heterocycles. The topological polar surface area (TPSA) is 59.0 Å². The molecule has 0 aliphatic carbocycles. The molecule has 2 aromatic carbocycles. The van der Waals surface area contributed by atoms with Crippen LogP contribution in [-0.4, -0.2) is 48.4 Å². The number of carboxylic acid groups (broad SMARTS) is 1. The third-order valence-corrected chi connectivity index (χ3v) is 6.40. The van der Waals surface area contributed by atoms with Crippen molar-refractivity contribution >= 4 is 16.7 Å². The average Bonchev–Trinajstić information content (AvgIpc) is 2.75. The first-order valence-electron chi connectivity index (χ1n) is 10.9. The second kappa shape index (κ2) is 9.14. The molecule has 2 saturated heterocycles.